The Balaban J connectivity index is 3.38. The summed E-state index contributed by atoms with van der Waals surface area (Å²) in [6.07, 6.45) is 19.3. The summed E-state index contributed by atoms with van der Waals surface area (Å²) in [5.41, 5.74) is 0. The molecule has 0 heterocycles. The predicted octanol–water partition coefficient (Wildman–Crippen LogP) is 5.82. The molecule has 0 bridgehead atoms. The van der Waals surface area contributed by atoms with E-state index in [1.54, 1.807) is 0 Å². The molecule has 0 aromatic heterocycles. The van der Waals surface area contributed by atoms with Crippen LogP contribution < -0.4 is 5.32 Å². The average molecular weight is 414 g/mol. The number of nitrogens with one attached hydrogen (secondary N) is 1. The molecule has 0 aliphatic carbocycles. The van der Waals surface area contributed by atoms with Crippen molar-refractivity contribution in [2.24, 2.45) is 0 Å². The number of quaternary nitrogens is 1. The highest BCUT2D eigenvalue weighted by atomic mass is 16.3. The van der Waals surface area contributed by atoms with Gasteiger partial charge in [0.15, 0.2) is 0 Å². The molecule has 0 spiro atoms. The second-order valence-corrected chi connectivity index (χ2v) is 9.52. The zero-order chi connectivity index (χ0) is 21.8. The fraction of sp³-hybridized carbons (Fsp3) is 0.960. The molecule has 4 heteroatoms. The summed E-state index contributed by atoms with van der Waals surface area (Å²) < 4.78 is 0.970. The van der Waals surface area contributed by atoms with Crippen LogP contribution in [-0.2, 0) is 4.79 Å². The largest absolute Gasteiger partial charge is 0.383 e. The second-order valence-electron chi connectivity index (χ2n) is 9.52. The maximum atomic E-state index is 11.9. The quantitative estimate of drug-likeness (QED) is 0.184. The van der Waals surface area contributed by atoms with Crippen LogP contribution in [0.3, 0.4) is 0 Å². The van der Waals surface area contributed by atoms with E-state index in [2.05, 4.69) is 33.3 Å². The Bertz CT molecular complexity index is 372. The normalized spacial score (nSPS) is 12.9. The van der Waals surface area contributed by atoms with E-state index in [0.29, 0.717) is 13.0 Å². The summed E-state index contributed by atoms with van der Waals surface area (Å²) in [5, 5.41) is 12.9. The van der Waals surface area contributed by atoms with Gasteiger partial charge in [0, 0.05) is 13.0 Å². The molecule has 0 fully saturated rings. The van der Waals surface area contributed by atoms with E-state index in [0.717, 1.165) is 36.8 Å². The summed E-state index contributed by atoms with van der Waals surface area (Å²) >= 11 is 0. The number of rotatable bonds is 21. The number of nitrogens with zero attached hydrogens (tertiary/aromatic N) is 1. The van der Waals surface area contributed by atoms with Crippen molar-refractivity contribution in [1.82, 2.24) is 5.32 Å². The van der Waals surface area contributed by atoms with Gasteiger partial charge >= 0.3 is 0 Å². The van der Waals surface area contributed by atoms with E-state index >= 15 is 0 Å². The minimum atomic E-state index is -0.832. The van der Waals surface area contributed by atoms with Gasteiger partial charge in [0.2, 0.25) is 5.91 Å². The lowest BCUT2D eigenvalue weighted by atomic mass is 10.0. The molecule has 0 aromatic rings. The van der Waals surface area contributed by atoms with Gasteiger partial charge < -0.3 is 14.9 Å². The minimum Gasteiger partial charge on any atom is -0.383 e. The summed E-state index contributed by atoms with van der Waals surface area (Å²) in [7, 11) is 4.40. The molecule has 0 rings (SSSR count). The lowest BCUT2D eigenvalue weighted by Gasteiger charge is -2.28. The van der Waals surface area contributed by atoms with Crippen molar-refractivity contribution >= 4 is 5.91 Å². The van der Waals surface area contributed by atoms with Crippen LogP contribution in [0.4, 0.5) is 0 Å². The first-order chi connectivity index (χ1) is 13.9. The van der Waals surface area contributed by atoms with Crippen molar-refractivity contribution in [3.63, 3.8) is 0 Å². The Labute approximate surface area is 182 Å². The third-order valence-corrected chi connectivity index (χ3v) is 6.23. The summed E-state index contributed by atoms with van der Waals surface area (Å²) in [4.78, 5) is 11.9. The number of hydrogen-bond donors (Lipinski definition) is 2. The van der Waals surface area contributed by atoms with Crippen molar-refractivity contribution in [2.75, 3.05) is 33.7 Å². The van der Waals surface area contributed by atoms with Gasteiger partial charge in [-0.15, -0.1) is 0 Å². The Hall–Kier alpha value is -0.610. The summed E-state index contributed by atoms with van der Waals surface area (Å²) in [5.74, 6) is -0.193. The van der Waals surface area contributed by atoms with Crippen molar-refractivity contribution in [3.8, 4) is 0 Å². The SMILES string of the molecule is CCCCCCCCCCCCCCCCC(O)C(=O)NCCC[N+](C)(C)CC. The molecular weight excluding hydrogens is 360 g/mol. The molecule has 0 aliphatic rings. The van der Waals surface area contributed by atoms with Crippen LogP contribution in [-0.4, -0.2) is 55.3 Å². The highest BCUT2D eigenvalue weighted by Gasteiger charge is 2.15. The van der Waals surface area contributed by atoms with Crippen LogP contribution >= 0.6 is 0 Å². The second kappa shape index (κ2) is 19.4. The van der Waals surface area contributed by atoms with Crippen molar-refractivity contribution in [1.29, 1.82) is 0 Å². The Kier molecular flexibility index (Phi) is 19.0. The molecular formula is C25H53N2O2+. The third-order valence-electron chi connectivity index (χ3n) is 6.23. The Morgan fingerprint density at radius 2 is 1.21 bits per heavy atom. The highest BCUT2D eigenvalue weighted by molar-refractivity contribution is 5.80. The minimum absolute atomic E-state index is 0.193. The topological polar surface area (TPSA) is 49.3 Å². The number of unbranched alkanes of at least 4 members (excludes halogenated alkanes) is 13. The van der Waals surface area contributed by atoms with Crippen molar-refractivity contribution < 1.29 is 14.4 Å². The average Bonchev–Trinajstić information content (AvgIpc) is 2.71. The van der Waals surface area contributed by atoms with Gasteiger partial charge in [-0.1, -0.05) is 96.8 Å². The van der Waals surface area contributed by atoms with Gasteiger partial charge in [0.05, 0.1) is 27.2 Å². The van der Waals surface area contributed by atoms with Crippen LogP contribution in [0.5, 0.6) is 0 Å². The smallest absolute Gasteiger partial charge is 0.248 e. The monoisotopic (exact) mass is 413 g/mol. The first-order valence-corrected chi connectivity index (χ1v) is 12.7. The summed E-state index contributed by atoms with van der Waals surface area (Å²) in [6.45, 7) is 7.26. The predicted molar refractivity (Wildman–Crippen MR) is 126 cm³/mol. The molecule has 0 aromatic carbocycles. The number of amides is 1. The molecule has 1 amide bonds. The molecule has 0 aliphatic heterocycles. The fourth-order valence-corrected chi connectivity index (χ4v) is 3.66. The van der Waals surface area contributed by atoms with Gasteiger partial charge in [-0.05, 0) is 13.3 Å². The molecule has 174 valence electrons. The van der Waals surface area contributed by atoms with Gasteiger partial charge in [0.25, 0.3) is 0 Å². The van der Waals surface area contributed by atoms with E-state index in [1.807, 2.05) is 0 Å². The van der Waals surface area contributed by atoms with E-state index in [-0.39, 0.29) is 5.91 Å². The number of carbonyl (C=O) groups is 1. The van der Waals surface area contributed by atoms with Crippen LogP contribution in [0.1, 0.15) is 117 Å². The number of aliphatic hydroxyl groups excluding tert-OH is 1. The lowest BCUT2D eigenvalue weighted by Crippen LogP contribution is -2.42. The summed E-state index contributed by atoms with van der Waals surface area (Å²) in [6, 6.07) is 0. The van der Waals surface area contributed by atoms with E-state index < -0.39 is 6.10 Å². The van der Waals surface area contributed by atoms with E-state index in [4.69, 9.17) is 0 Å². The lowest BCUT2D eigenvalue weighted by molar-refractivity contribution is -0.888. The Morgan fingerprint density at radius 1 is 0.759 bits per heavy atom. The van der Waals surface area contributed by atoms with E-state index in [9.17, 15) is 9.90 Å². The van der Waals surface area contributed by atoms with Gasteiger partial charge in [0.1, 0.15) is 6.10 Å². The third kappa shape index (κ3) is 19.1. The zero-order valence-electron chi connectivity index (χ0n) is 20.3. The van der Waals surface area contributed by atoms with Crippen molar-refractivity contribution in [2.45, 2.75) is 123 Å². The molecule has 29 heavy (non-hydrogen) atoms. The zero-order valence-corrected chi connectivity index (χ0v) is 20.3. The number of aliphatic hydroxyl groups is 1. The van der Waals surface area contributed by atoms with Crippen LogP contribution in [0, 0.1) is 0 Å². The van der Waals surface area contributed by atoms with Crippen molar-refractivity contribution in [3.05, 3.63) is 0 Å². The molecule has 1 atom stereocenters. The highest BCUT2D eigenvalue weighted by Crippen LogP contribution is 2.13. The molecule has 4 nitrogen and oxygen atoms in total. The molecule has 0 saturated heterocycles. The van der Waals surface area contributed by atoms with Gasteiger partial charge in [-0.2, -0.15) is 0 Å². The molecule has 0 radical (unpaired) electrons. The molecule has 2 N–H and O–H groups in total. The van der Waals surface area contributed by atoms with Crippen LogP contribution in [0.15, 0.2) is 0 Å². The van der Waals surface area contributed by atoms with Crippen LogP contribution in [0.2, 0.25) is 0 Å². The van der Waals surface area contributed by atoms with Gasteiger partial charge in [-0.25, -0.2) is 0 Å². The van der Waals surface area contributed by atoms with E-state index in [1.165, 1.54) is 77.0 Å². The first kappa shape index (κ1) is 28.4. The number of hydrogen-bond acceptors (Lipinski definition) is 2. The maximum Gasteiger partial charge on any atom is 0.248 e. The fourth-order valence-electron chi connectivity index (χ4n) is 3.66. The van der Waals surface area contributed by atoms with Crippen LogP contribution in [0.25, 0.3) is 0 Å². The maximum absolute atomic E-state index is 11.9. The first-order valence-electron chi connectivity index (χ1n) is 12.7. The number of carbonyl (C=O) groups excluding carboxylic acids is 1. The molecule has 1 unspecified atom stereocenters. The standard InChI is InChI=1S/C25H52N2O2/c1-5-7-8-9-10-11-12-13-14-15-16-17-18-19-21-24(28)25(29)26-22-20-23-27(3,4)6-2/h24,28H,5-23H2,1-4H3/p+1. The Morgan fingerprint density at radius 3 is 1.66 bits per heavy atom. The van der Waals surface area contributed by atoms with Gasteiger partial charge in [-0.3, -0.25) is 4.79 Å². The molecule has 0 saturated carbocycles.